The van der Waals surface area contributed by atoms with E-state index >= 15 is 0 Å². The number of rotatable bonds is 1. The maximum Gasteiger partial charge on any atom is 0.177 e. The van der Waals surface area contributed by atoms with E-state index in [9.17, 15) is 4.79 Å². The maximum atomic E-state index is 12.0. The van der Waals surface area contributed by atoms with Gasteiger partial charge in [-0.1, -0.05) is 12.1 Å². The van der Waals surface area contributed by atoms with Crippen LogP contribution in [0.3, 0.4) is 0 Å². The van der Waals surface area contributed by atoms with Crippen molar-refractivity contribution in [3.63, 3.8) is 0 Å². The van der Waals surface area contributed by atoms with E-state index < -0.39 is 5.41 Å². The van der Waals surface area contributed by atoms with E-state index in [0.29, 0.717) is 23.8 Å². The van der Waals surface area contributed by atoms with Crippen LogP contribution in [0.5, 0.6) is 5.75 Å². The van der Waals surface area contributed by atoms with E-state index in [4.69, 9.17) is 16.3 Å². The Bertz CT molecular complexity index is 375. The van der Waals surface area contributed by atoms with E-state index in [-0.39, 0.29) is 5.78 Å². The van der Waals surface area contributed by atoms with Gasteiger partial charge in [-0.2, -0.15) is 0 Å². The number of benzene rings is 1. The highest BCUT2D eigenvalue weighted by atomic mass is 35.5. The summed E-state index contributed by atoms with van der Waals surface area (Å²) in [6.45, 7) is 2.20. The van der Waals surface area contributed by atoms with Gasteiger partial charge in [0.15, 0.2) is 5.78 Å². The van der Waals surface area contributed by atoms with Gasteiger partial charge in [-0.05, 0) is 19.1 Å². The molecule has 1 aliphatic rings. The zero-order valence-corrected chi connectivity index (χ0v) is 8.67. The van der Waals surface area contributed by atoms with Crippen molar-refractivity contribution in [3.8, 4) is 5.75 Å². The lowest BCUT2D eigenvalue weighted by molar-refractivity contribution is 0.0699. The second-order valence-corrected chi connectivity index (χ2v) is 4.08. The van der Waals surface area contributed by atoms with Crippen LogP contribution in [0.25, 0.3) is 0 Å². The number of para-hydroxylation sites is 1. The van der Waals surface area contributed by atoms with E-state index in [1.807, 2.05) is 19.1 Å². The quantitative estimate of drug-likeness (QED) is 0.666. The number of Topliss-reactive ketones (excluding diaryl/α,β-unsaturated/α-hetero) is 1. The first-order chi connectivity index (χ1) is 6.67. The molecule has 0 aliphatic carbocycles. The Morgan fingerprint density at radius 2 is 2.21 bits per heavy atom. The van der Waals surface area contributed by atoms with Gasteiger partial charge in [-0.3, -0.25) is 4.79 Å². The molecular formula is C11H11ClO2. The van der Waals surface area contributed by atoms with E-state index in [1.54, 1.807) is 12.1 Å². The van der Waals surface area contributed by atoms with Crippen molar-refractivity contribution in [2.75, 3.05) is 12.5 Å². The number of carbonyl (C=O) groups excluding carboxylic acids is 1. The van der Waals surface area contributed by atoms with Gasteiger partial charge in [-0.15, -0.1) is 11.6 Å². The van der Waals surface area contributed by atoms with Crippen LogP contribution in [0, 0.1) is 5.41 Å². The smallest absolute Gasteiger partial charge is 0.177 e. The molecule has 1 aromatic carbocycles. The first kappa shape index (κ1) is 9.53. The Labute approximate surface area is 87.8 Å². The first-order valence-corrected chi connectivity index (χ1v) is 5.03. The van der Waals surface area contributed by atoms with Crippen LogP contribution >= 0.6 is 11.6 Å². The van der Waals surface area contributed by atoms with Crippen LogP contribution < -0.4 is 4.74 Å². The molecule has 1 aliphatic heterocycles. The van der Waals surface area contributed by atoms with Crippen molar-refractivity contribution in [1.29, 1.82) is 0 Å². The minimum Gasteiger partial charge on any atom is -0.492 e. The summed E-state index contributed by atoms with van der Waals surface area (Å²) in [7, 11) is 0. The summed E-state index contributed by atoms with van der Waals surface area (Å²) in [6, 6.07) is 7.28. The number of ketones is 1. The highest BCUT2D eigenvalue weighted by Gasteiger charge is 2.39. The largest absolute Gasteiger partial charge is 0.492 e. The van der Waals surface area contributed by atoms with Crippen LogP contribution in [-0.2, 0) is 0 Å². The molecule has 1 atom stereocenters. The fraction of sp³-hybridized carbons (Fsp3) is 0.364. The van der Waals surface area contributed by atoms with Gasteiger partial charge in [0.05, 0.1) is 11.0 Å². The lowest BCUT2D eigenvalue weighted by Gasteiger charge is -2.31. The van der Waals surface area contributed by atoms with Crippen LogP contribution in [0.4, 0.5) is 0 Å². The summed E-state index contributed by atoms with van der Waals surface area (Å²) in [6.07, 6.45) is 0. The molecule has 3 heteroatoms. The lowest BCUT2D eigenvalue weighted by Crippen LogP contribution is -2.39. The second kappa shape index (κ2) is 3.28. The molecule has 0 spiro atoms. The van der Waals surface area contributed by atoms with E-state index in [2.05, 4.69) is 0 Å². The lowest BCUT2D eigenvalue weighted by atomic mass is 9.83. The Morgan fingerprint density at radius 3 is 2.93 bits per heavy atom. The van der Waals surface area contributed by atoms with Crippen LogP contribution in [0.1, 0.15) is 17.3 Å². The Kier molecular flexibility index (Phi) is 2.23. The number of hydrogen-bond donors (Lipinski definition) is 0. The van der Waals surface area contributed by atoms with Crippen molar-refractivity contribution >= 4 is 17.4 Å². The zero-order chi connectivity index (χ0) is 10.2. The fourth-order valence-electron chi connectivity index (χ4n) is 1.51. The molecular weight excluding hydrogens is 200 g/mol. The molecule has 0 aromatic heterocycles. The van der Waals surface area contributed by atoms with Crippen molar-refractivity contribution in [3.05, 3.63) is 29.8 Å². The summed E-state index contributed by atoms with van der Waals surface area (Å²) in [5, 5.41) is 0. The predicted octanol–water partition coefficient (Wildman–Crippen LogP) is 2.51. The number of ether oxygens (including phenoxy) is 1. The number of fused-ring (bicyclic) bond motifs is 1. The third-order valence-corrected chi connectivity index (χ3v) is 3.11. The Morgan fingerprint density at radius 1 is 1.50 bits per heavy atom. The highest BCUT2D eigenvalue weighted by Crippen LogP contribution is 2.34. The predicted molar refractivity (Wildman–Crippen MR) is 55.1 cm³/mol. The molecule has 0 saturated carbocycles. The summed E-state index contributed by atoms with van der Waals surface area (Å²) in [4.78, 5) is 12.0. The summed E-state index contributed by atoms with van der Waals surface area (Å²) < 4.78 is 5.50. The molecule has 0 unspecified atom stereocenters. The Balaban J connectivity index is 2.46. The van der Waals surface area contributed by atoms with Gasteiger partial charge >= 0.3 is 0 Å². The molecule has 2 rings (SSSR count). The minimum atomic E-state index is -0.574. The monoisotopic (exact) mass is 210 g/mol. The van der Waals surface area contributed by atoms with Gasteiger partial charge < -0.3 is 4.74 Å². The van der Waals surface area contributed by atoms with Gasteiger partial charge in [-0.25, -0.2) is 0 Å². The third kappa shape index (κ3) is 1.30. The molecule has 0 bridgehead atoms. The molecule has 2 nitrogen and oxygen atoms in total. The summed E-state index contributed by atoms with van der Waals surface area (Å²) in [5.74, 6) is 1.04. The van der Waals surface area contributed by atoms with Crippen molar-refractivity contribution < 1.29 is 9.53 Å². The molecule has 14 heavy (non-hydrogen) atoms. The average molecular weight is 211 g/mol. The molecule has 0 amide bonds. The molecule has 0 N–H and O–H groups in total. The van der Waals surface area contributed by atoms with Crippen LogP contribution in [0.15, 0.2) is 24.3 Å². The second-order valence-electron chi connectivity index (χ2n) is 3.81. The number of hydrogen-bond acceptors (Lipinski definition) is 2. The van der Waals surface area contributed by atoms with Crippen LogP contribution in [-0.4, -0.2) is 18.3 Å². The first-order valence-electron chi connectivity index (χ1n) is 4.50. The van der Waals surface area contributed by atoms with Gasteiger partial charge in [0.2, 0.25) is 0 Å². The fourth-order valence-corrected chi connectivity index (χ4v) is 1.71. The molecule has 1 heterocycles. The molecule has 0 saturated heterocycles. The summed E-state index contributed by atoms with van der Waals surface area (Å²) >= 11 is 5.78. The third-order valence-electron chi connectivity index (χ3n) is 2.52. The SMILES string of the molecule is C[C@@]1(CCl)COc2ccccc2C1=O. The van der Waals surface area contributed by atoms with Crippen molar-refractivity contribution in [1.82, 2.24) is 0 Å². The number of alkyl halides is 1. The molecule has 0 fully saturated rings. The normalized spacial score (nSPS) is 25.4. The van der Waals surface area contributed by atoms with Gasteiger partial charge in [0.25, 0.3) is 0 Å². The average Bonchev–Trinajstić information content (AvgIpc) is 2.24. The van der Waals surface area contributed by atoms with Crippen molar-refractivity contribution in [2.24, 2.45) is 5.41 Å². The maximum absolute atomic E-state index is 12.0. The van der Waals surface area contributed by atoms with E-state index in [0.717, 1.165) is 0 Å². The molecule has 0 radical (unpaired) electrons. The number of carbonyl (C=O) groups is 1. The standard InChI is InChI=1S/C11H11ClO2/c1-11(6-12)7-14-9-5-3-2-4-8(9)10(11)13/h2-5H,6-7H2,1H3/t11-/m1/s1. The minimum absolute atomic E-state index is 0.0781. The van der Waals surface area contributed by atoms with Crippen LogP contribution in [0.2, 0.25) is 0 Å². The highest BCUT2D eigenvalue weighted by molar-refractivity contribution is 6.21. The van der Waals surface area contributed by atoms with Gasteiger partial charge in [0, 0.05) is 5.88 Å². The van der Waals surface area contributed by atoms with E-state index in [1.165, 1.54) is 0 Å². The number of halogens is 1. The van der Waals surface area contributed by atoms with Gasteiger partial charge in [0.1, 0.15) is 12.4 Å². The van der Waals surface area contributed by atoms with Crippen molar-refractivity contribution in [2.45, 2.75) is 6.92 Å². The molecule has 74 valence electrons. The summed E-state index contributed by atoms with van der Waals surface area (Å²) in [5.41, 5.74) is 0.0671. The topological polar surface area (TPSA) is 26.3 Å². The zero-order valence-electron chi connectivity index (χ0n) is 7.92. The Hall–Kier alpha value is -1.02. The molecule has 1 aromatic rings.